The number of hydrogen-bond acceptors (Lipinski definition) is 7. The third-order valence-electron chi connectivity index (χ3n) is 5.33. The molecule has 0 fully saturated rings. The van der Waals surface area contributed by atoms with Crippen LogP contribution in [-0.4, -0.2) is 59.8 Å². The Morgan fingerprint density at radius 3 is 2.73 bits per heavy atom. The van der Waals surface area contributed by atoms with Gasteiger partial charge in [0.2, 0.25) is 12.0 Å². The molecule has 0 spiro atoms. The summed E-state index contributed by atoms with van der Waals surface area (Å²) >= 11 is 0. The highest BCUT2D eigenvalue weighted by atomic mass is 16.7. The SMILES string of the molecule is C=CCOC(=O)C1=C[C@@H](c2c(C)n(C)n(-c3ccccc3)c2=O)C[C@@H](OCCOCCO)O1. The maximum atomic E-state index is 13.5. The number of esters is 1. The Morgan fingerprint density at radius 1 is 1.27 bits per heavy atom. The molecule has 0 aliphatic carbocycles. The number of aliphatic hydroxyl groups excluding tert-OH is 1. The maximum Gasteiger partial charge on any atom is 0.373 e. The molecule has 33 heavy (non-hydrogen) atoms. The zero-order valence-electron chi connectivity index (χ0n) is 18.9. The van der Waals surface area contributed by atoms with Gasteiger partial charge in [-0.1, -0.05) is 30.9 Å². The van der Waals surface area contributed by atoms with E-state index in [-0.39, 0.29) is 44.4 Å². The van der Waals surface area contributed by atoms with E-state index in [2.05, 4.69) is 6.58 Å². The minimum atomic E-state index is -0.770. The first kappa shape index (κ1) is 24.5. The first-order valence-corrected chi connectivity index (χ1v) is 10.8. The molecule has 0 bridgehead atoms. The van der Waals surface area contributed by atoms with Gasteiger partial charge in [-0.2, -0.15) is 0 Å². The van der Waals surface area contributed by atoms with Crippen molar-refractivity contribution >= 4 is 5.97 Å². The molecule has 1 aliphatic rings. The zero-order chi connectivity index (χ0) is 23.8. The topological polar surface area (TPSA) is 101 Å². The standard InChI is InChI=1S/C24H30N2O7/c1-4-11-32-24(29)20-15-18(16-21(33-20)31-14-13-30-12-10-27)22-17(2)25(3)26(23(22)28)19-8-6-5-7-9-19/h4-9,15,18,21,27H,1,10-14,16H2,2-3H3/t18-,21+/m1/s1. The van der Waals surface area contributed by atoms with Crippen LogP contribution in [0.4, 0.5) is 0 Å². The molecular formula is C24H30N2O7. The second kappa shape index (κ2) is 11.6. The van der Waals surface area contributed by atoms with Gasteiger partial charge in [0.05, 0.1) is 32.1 Å². The zero-order valence-corrected chi connectivity index (χ0v) is 18.9. The molecular weight excluding hydrogens is 428 g/mol. The van der Waals surface area contributed by atoms with Gasteiger partial charge in [0.15, 0.2) is 0 Å². The monoisotopic (exact) mass is 458 g/mol. The van der Waals surface area contributed by atoms with Gasteiger partial charge in [-0.25, -0.2) is 9.48 Å². The van der Waals surface area contributed by atoms with Crippen LogP contribution >= 0.6 is 0 Å². The molecule has 2 atom stereocenters. The van der Waals surface area contributed by atoms with Crippen LogP contribution in [0.25, 0.3) is 5.69 Å². The largest absolute Gasteiger partial charge is 0.458 e. The molecule has 9 heteroatoms. The van der Waals surface area contributed by atoms with E-state index in [1.54, 1.807) is 15.4 Å². The lowest BCUT2D eigenvalue weighted by atomic mass is 9.93. The Morgan fingerprint density at radius 2 is 2.03 bits per heavy atom. The van der Waals surface area contributed by atoms with Crippen molar-refractivity contribution < 1.29 is 28.8 Å². The number of carbonyl (C=O) groups is 1. The van der Waals surface area contributed by atoms with Gasteiger partial charge in [0.25, 0.3) is 5.56 Å². The summed E-state index contributed by atoms with van der Waals surface area (Å²) in [6.07, 6.45) is 2.65. The number of carbonyl (C=O) groups excluding carboxylic acids is 1. The maximum absolute atomic E-state index is 13.5. The van der Waals surface area contributed by atoms with E-state index in [1.165, 1.54) is 6.08 Å². The molecule has 178 valence electrons. The van der Waals surface area contributed by atoms with Gasteiger partial charge < -0.3 is 24.1 Å². The molecule has 0 radical (unpaired) electrons. The van der Waals surface area contributed by atoms with E-state index in [0.717, 1.165) is 11.4 Å². The average molecular weight is 459 g/mol. The summed E-state index contributed by atoms with van der Waals surface area (Å²) in [5.74, 6) is -1.08. The molecule has 2 heterocycles. The highest BCUT2D eigenvalue weighted by Crippen LogP contribution is 2.32. The number of ether oxygens (including phenoxy) is 4. The minimum absolute atomic E-state index is 0.0108. The average Bonchev–Trinajstić information content (AvgIpc) is 3.05. The second-order valence-electron chi connectivity index (χ2n) is 7.49. The summed E-state index contributed by atoms with van der Waals surface area (Å²) in [4.78, 5) is 26.0. The van der Waals surface area contributed by atoms with Gasteiger partial charge >= 0.3 is 5.97 Å². The fraction of sp³-hybridized carbons (Fsp3) is 0.417. The van der Waals surface area contributed by atoms with Crippen LogP contribution in [-0.2, 0) is 30.8 Å². The lowest BCUT2D eigenvalue weighted by Gasteiger charge is -2.28. The van der Waals surface area contributed by atoms with Crippen LogP contribution in [0.5, 0.6) is 0 Å². The van der Waals surface area contributed by atoms with Gasteiger partial charge in [-0.3, -0.25) is 9.48 Å². The van der Waals surface area contributed by atoms with Crippen LogP contribution in [0.3, 0.4) is 0 Å². The number of hydrogen-bond donors (Lipinski definition) is 1. The Labute approximate surface area is 192 Å². The van der Waals surface area contributed by atoms with Crippen molar-refractivity contribution in [2.24, 2.45) is 7.05 Å². The lowest BCUT2D eigenvalue weighted by molar-refractivity contribution is -0.163. The quantitative estimate of drug-likeness (QED) is 0.312. The van der Waals surface area contributed by atoms with Crippen LogP contribution in [0.2, 0.25) is 0 Å². The van der Waals surface area contributed by atoms with Crippen molar-refractivity contribution in [3.8, 4) is 5.69 Å². The van der Waals surface area contributed by atoms with Crippen LogP contribution in [0.1, 0.15) is 23.6 Å². The predicted octanol–water partition coefficient (Wildman–Crippen LogP) is 1.95. The Kier molecular flexibility index (Phi) is 8.65. The normalized spacial score (nSPS) is 17.8. The van der Waals surface area contributed by atoms with E-state index in [1.807, 2.05) is 44.3 Å². The number of benzene rings is 1. The second-order valence-corrected chi connectivity index (χ2v) is 7.49. The molecule has 2 aromatic rings. The summed E-state index contributed by atoms with van der Waals surface area (Å²) in [7, 11) is 1.82. The lowest BCUT2D eigenvalue weighted by Crippen LogP contribution is -2.31. The first-order chi connectivity index (χ1) is 16.0. The Hall–Kier alpha value is -3.14. The van der Waals surface area contributed by atoms with Crippen molar-refractivity contribution in [2.45, 2.75) is 25.6 Å². The molecule has 0 amide bonds. The molecule has 1 N–H and O–H groups in total. The van der Waals surface area contributed by atoms with Crippen molar-refractivity contribution in [1.29, 1.82) is 0 Å². The Bertz CT molecular complexity index is 1040. The van der Waals surface area contributed by atoms with Crippen LogP contribution in [0.15, 0.2) is 59.6 Å². The van der Waals surface area contributed by atoms with Gasteiger partial charge in [0.1, 0.15) is 6.61 Å². The fourth-order valence-corrected chi connectivity index (χ4v) is 3.73. The van der Waals surface area contributed by atoms with E-state index in [0.29, 0.717) is 12.0 Å². The number of aliphatic hydroxyl groups is 1. The number of allylic oxidation sites excluding steroid dienone is 1. The first-order valence-electron chi connectivity index (χ1n) is 10.8. The molecule has 1 aromatic carbocycles. The molecule has 1 aliphatic heterocycles. The Balaban J connectivity index is 1.91. The third kappa shape index (κ3) is 5.81. The number of para-hydroxylation sites is 1. The highest BCUT2D eigenvalue weighted by molar-refractivity contribution is 5.86. The van der Waals surface area contributed by atoms with E-state index in [4.69, 9.17) is 24.1 Å². The van der Waals surface area contributed by atoms with Gasteiger partial charge in [-0.15, -0.1) is 0 Å². The number of nitrogens with zero attached hydrogens (tertiary/aromatic N) is 2. The molecule has 1 aromatic heterocycles. The summed E-state index contributed by atoms with van der Waals surface area (Å²) in [6, 6.07) is 9.35. The fourth-order valence-electron chi connectivity index (χ4n) is 3.73. The molecule has 3 rings (SSSR count). The van der Waals surface area contributed by atoms with Crippen molar-refractivity contribution in [3.05, 3.63) is 76.4 Å². The van der Waals surface area contributed by atoms with Crippen molar-refractivity contribution in [1.82, 2.24) is 9.36 Å². The summed E-state index contributed by atoms with van der Waals surface area (Å²) in [5.41, 5.74) is 1.91. The molecule has 9 nitrogen and oxygen atoms in total. The highest BCUT2D eigenvalue weighted by Gasteiger charge is 2.33. The number of aromatic nitrogens is 2. The number of rotatable bonds is 11. The van der Waals surface area contributed by atoms with Gasteiger partial charge in [0, 0.05) is 30.6 Å². The van der Waals surface area contributed by atoms with Crippen molar-refractivity contribution in [3.63, 3.8) is 0 Å². The van der Waals surface area contributed by atoms with E-state index < -0.39 is 18.2 Å². The van der Waals surface area contributed by atoms with Crippen LogP contribution < -0.4 is 5.56 Å². The summed E-state index contributed by atoms with van der Waals surface area (Å²) in [5, 5.41) is 8.81. The third-order valence-corrected chi connectivity index (χ3v) is 5.33. The molecule has 0 saturated heterocycles. The minimum Gasteiger partial charge on any atom is -0.458 e. The summed E-state index contributed by atoms with van der Waals surface area (Å²) in [6.45, 7) is 6.04. The summed E-state index contributed by atoms with van der Waals surface area (Å²) < 4.78 is 25.2. The predicted molar refractivity (Wildman–Crippen MR) is 121 cm³/mol. The van der Waals surface area contributed by atoms with Crippen molar-refractivity contribution in [2.75, 3.05) is 33.0 Å². The van der Waals surface area contributed by atoms with E-state index >= 15 is 0 Å². The smallest absolute Gasteiger partial charge is 0.373 e. The van der Waals surface area contributed by atoms with Gasteiger partial charge in [-0.05, 0) is 25.1 Å². The molecule has 0 unspecified atom stereocenters. The van der Waals surface area contributed by atoms with E-state index in [9.17, 15) is 9.59 Å². The van der Waals surface area contributed by atoms with Crippen LogP contribution in [0, 0.1) is 6.92 Å². The molecule has 0 saturated carbocycles.